The van der Waals surface area contributed by atoms with E-state index in [1.807, 2.05) is 13.0 Å². The van der Waals surface area contributed by atoms with Crippen molar-refractivity contribution in [3.05, 3.63) is 35.9 Å². The van der Waals surface area contributed by atoms with Gasteiger partial charge in [-0.15, -0.1) is 0 Å². The number of rotatable bonds is 7. The van der Waals surface area contributed by atoms with Crippen molar-refractivity contribution in [1.29, 1.82) is 0 Å². The smallest absolute Gasteiger partial charge is 0.220 e. The molecule has 88 valence electrons. The highest BCUT2D eigenvalue weighted by molar-refractivity contribution is 5.76. The zero-order valence-corrected chi connectivity index (χ0v) is 9.99. The van der Waals surface area contributed by atoms with Gasteiger partial charge in [-0.3, -0.25) is 4.79 Å². The lowest BCUT2D eigenvalue weighted by Crippen LogP contribution is -2.22. The molecule has 0 saturated carbocycles. The van der Waals surface area contributed by atoms with Crippen molar-refractivity contribution in [2.24, 2.45) is 11.7 Å². The highest BCUT2D eigenvalue weighted by atomic mass is 16.1. The Morgan fingerprint density at radius 1 is 1.25 bits per heavy atom. The fourth-order valence-electron chi connectivity index (χ4n) is 1.91. The molecule has 1 rings (SSSR count). The molecule has 0 aliphatic carbocycles. The molecule has 1 amide bonds. The number of carbonyl (C=O) groups is 1. The van der Waals surface area contributed by atoms with E-state index >= 15 is 0 Å². The number of benzene rings is 1. The van der Waals surface area contributed by atoms with Crippen LogP contribution in [-0.4, -0.2) is 5.91 Å². The third kappa shape index (κ3) is 4.47. The van der Waals surface area contributed by atoms with Crippen LogP contribution in [0.5, 0.6) is 0 Å². The zero-order valence-electron chi connectivity index (χ0n) is 9.99. The van der Waals surface area contributed by atoms with Crippen molar-refractivity contribution in [1.82, 2.24) is 0 Å². The summed E-state index contributed by atoms with van der Waals surface area (Å²) >= 11 is 0. The van der Waals surface area contributed by atoms with Gasteiger partial charge < -0.3 is 5.73 Å². The van der Waals surface area contributed by atoms with Crippen LogP contribution in [0, 0.1) is 5.92 Å². The summed E-state index contributed by atoms with van der Waals surface area (Å²) in [5, 5.41) is 0. The van der Waals surface area contributed by atoms with Crippen molar-refractivity contribution < 1.29 is 4.79 Å². The Hall–Kier alpha value is -1.31. The van der Waals surface area contributed by atoms with E-state index in [2.05, 4.69) is 24.3 Å². The first kappa shape index (κ1) is 12.8. The number of primary amides is 1. The van der Waals surface area contributed by atoms with E-state index < -0.39 is 0 Å². The first-order valence-electron chi connectivity index (χ1n) is 6.07. The van der Waals surface area contributed by atoms with E-state index in [1.54, 1.807) is 0 Å². The van der Waals surface area contributed by atoms with Crippen molar-refractivity contribution >= 4 is 5.91 Å². The van der Waals surface area contributed by atoms with Gasteiger partial charge in [0.25, 0.3) is 0 Å². The maximum absolute atomic E-state index is 11.0. The first-order valence-corrected chi connectivity index (χ1v) is 6.07. The molecule has 2 nitrogen and oxygen atoms in total. The Labute approximate surface area is 97.9 Å². The minimum absolute atomic E-state index is 0.0655. The number of hydrogen-bond donors (Lipinski definition) is 1. The van der Waals surface area contributed by atoms with E-state index in [9.17, 15) is 4.79 Å². The maximum atomic E-state index is 11.0. The number of unbranched alkanes of at least 4 members (excludes halogenated alkanes) is 1. The van der Waals surface area contributed by atoms with Gasteiger partial charge in [-0.25, -0.2) is 0 Å². The average molecular weight is 219 g/mol. The summed E-state index contributed by atoms with van der Waals surface area (Å²) in [6.45, 7) is 2.02. The largest absolute Gasteiger partial charge is 0.369 e. The van der Waals surface area contributed by atoms with Gasteiger partial charge in [0.1, 0.15) is 0 Å². The van der Waals surface area contributed by atoms with Gasteiger partial charge in [-0.2, -0.15) is 0 Å². The van der Waals surface area contributed by atoms with Gasteiger partial charge in [0, 0.05) is 5.92 Å². The fraction of sp³-hybridized carbons (Fsp3) is 0.500. The molecule has 1 unspecified atom stereocenters. The van der Waals surface area contributed by atoms with Crippen LogP contribution in [0.4, 0.5) is 0 Å². The summed E-state index contributed by atoms with van der Waals surface area (Å²) in [5.41, 5.74) is 6.67. The van der Waals surface area contributed by atoms with Crippen LogP contribution in [0.25, 0.3) is 0 Å². The highest BCUT2D eigenvalue weighted by Crippen LogP contribution is 2.13. The summed E-state index contributed by atoms with van der Waals surface area (Å²) in [7, 11) is 0. The second-order valence-corrected chi connectivity index (χ2v) is 4.24. The number of nitrogens with two attached hydrogens (primary N) is 1. The minimum atomic E-state index is -0.151. The molecule has 16 heavy (non-hydrogen) atoms. The van der Waals surface area contributed by atoms with Crippen molar-refractivity contribution in [2.45, 2.75) is 39.0 Å². The van der Waals surface area contributed by atoms with Gasteiger partial charge in [0.2, 0.25) is 5.91 Å². The SMILES string of the molecule is CCC(CCCCc1ccccc1)C(N)=O. The molecule has 0 spiro atoms. The standard InChI is InChI=1S/C14H21NO/c1-2-13(14(15)16)11-7-6-10-12-8-4-3-5-9-12/h3-5,8-9,13H,2,6-7,10-11H2,1H3,(H2,15,16). The van der Waals surface area contributed by atoms with Crippen LogP contribution < -0.4 is 5.73 Å². The molecule has 2 heteroatoms. The van der Waals surface area contributed by atoms with Gasteiger partial charge in [0.05, 0.1) is 0 Å². The van der Waals surface area contributed by atoms with Gasteiger partial charge >= 0.3 is 0 Å². The van der Waals surface area contributed by atoms with E-state index in [4.69, 9.17) is 5.73 Å². The predicted octanol–water partition coefficient (Wildman–Crippen LogP) is 2.91. The Bertz CT molecular complexity index is 308. The highest BCUT2D eigenvalue weighted by Gasteiger charge is 2.11. The Morgan fingerprint density at radius 2 is 1.94 bits per heavy atom. The third-order valence-corrected chi connectivity index (χ3v) is 3.01. The fourth-order valence-corrected chi connectivity index (χ4v) is 1.91. The summed E-state index contributed by atoms with van der Waals surface area (Å²) in [6.07, 6.45) is 5.10. The molecule has 2 N–H and O–H groups in total. The number of amides is 1. The second-order valence-electron chi connectivity index (χ2n) is 4.24. The lowest BCUT2D eigenvalue weighted by atomic mass is 9.97. The lowest BCUT2D eigenvalue weighted by molar-refractivity contribution is -0.122. The quantitative estimate of drug-likeness (QED) is 0.704. The van der Waals surface area contributed by atoms with Crippen molar-refractivity contribution in [3.63, 3.8) is 0 Å². The maximum Gasteiger partial charge on any atom is 0.220 e. The summed E-state index contributed by atoms with van der Waals surface area (Å²) in [4.78, 5) is 11.0. The molecule has 1 atom stereocenters. The predicted molar refractivity (Wildman–Crippen MR) is 67.0 cm³/mol. The molecular weight excluding hydrogens is 198 g/mol. The van der Waals surface area contributed by atoms with Crippen molar-refractivity contribution in [3.8, 4) is 0 Å². The molecule has 0 saturated heterocycles. The van der Waals surface area contributed by atoms with Gasteiger partial charge in [-0.05, 0) is 31.2 Å². The normalized spacial score (nSPS) is 12.3. The van der Waals surface area contributed by atoms with E-state index in [0.29, 0.717) is 0 Å². The van der Waals surface area contributed by atoms with Crippen LogP contribution in [0.3, 0.4) is 0 Å². The molecule has 0 aliphatic rings. The first-order chi connectivity index (χ1) is 7.74. The minimum Gasteiger partial charge on any atom is -0.369 e. The summed E-state index contributed by atoms with van der Waals surface area (Å²) in [6, 6.07) is 10.4. The zero-order chi connectivity index (χ0) is 11.8. The van der Waals surface area contributed by atoms with Crippen LogP contribution in [0.1, 0.15) is 38.2 Å². The third-order valence-electron chi connectivity index (χ3n) is 3.01. The molecule has 0 radical (unpaired) electrons. The summed E-state index contributed by atoms with van der Waals surface area (Å²) in [5.74, 6) is -0.0852. The molecule has 0 aliphatic heterocycles. The average Bonchev–Trinajstić information content (AvgIpc) is 2.30. The number of hydrogen-bond acceptors (Lipinski definition) is 1. The van der Waals surface area contributed by atoms with Crippen LogP contribution in [0.2, 0.25) is 0 Å². The second kappa shape index (κ2) is 7.04. The number of aryl methyl sites for hydroxylation is 1. The topological polar surface area (TPSA) is 43.1 Å². The summed E-state index contributed by atoms with van der Waals surface area (Å²) < 4.78 is 0. The molecule has 1 aromatic carbocycles. The molecular formula is C14H21NO. The van der Waals surface area contributed by atoms with E-state index in [-0.39, 0.29) is 11.8 Å². The Kier molecular flexibility index (Phi) is 5.62. The molecule has 1 aromatic rings. The van der Waals surface area contributed by atoms with Crippen LogP contribution in [0.15, 0.2) is 30.3 Å². The number of carbonyl (C=O) groups excluding carboxylic acids is 1. The van der Waals surface area contributed by atoms with E-state index in [1.165, 1.54) is 5.56 Å². The Balaban J connectivity index is 2.19. The van der Waals surface area contributed by atoms with Crippen LogP contribution >= 0.6 is 0 Å². The lowest BCUT2D eigenvalue weighted by Gasteiger charge is -2.09. The van der Waals surface area contributed by atoms with Gasteiger partial charge in [-0.1, -0.05) is 43.7 Å². The molecule has 0 aromatic heterocycles. The molecule has 0 fully saturated rings. The monoisotopic (exact) mass is 219 g/mol. The molecule has 0 heterocycles. The van der Waals surface area contributed by atoms with E-state index in [0.717, 1.165) is 32.1 Å². The van der Waals surface area contributed by atoms with Crippen molar-refractivity contribution in [2.75, 3.05) is 0 Å². The van der Waals surface area contributed by atoms with Gasteiger partial charge in [0.15, 0.2) is 0 Å². The Morgan fingerprint density at radius 3 is 2.50 bits per heavy atom. The van der Waals surface area contributed by atoms with Crippen LogP contribution in [-0.2, 0) is 11.2 Å². The molecule has 0 bridgehead atoms.